The first-order chi connectivity index (χ1) is 8.58. The van der Waals surface area contributed by atoms with E-state index in [0.717, 1.165) is 9.80 Å². The topological polar surface area (TPSA) is 104 Å². The zero-order chi connectivity index (χ0) is 15.0. The van der Waals surface area contributed by atoms with E-state index in [1.807, 2.05) is 0 Å². The molecule has 0 aliphatic carbocycles. The minimum Gasteiger partial charge on any atom is -0.348 e. The molecule has 8 nitrogen and oxygen atoms in total. The fourth-order valence-corrected chi connectivity index (χ4v) is 2.91. The van der Waals surface area contributed by atoms with Crippen LogP contribution in [0.4, 0.5) is 0 Å². The summed E-state index contributed by atoms with van der Waals surface area (Å²) in [6, 6.07) is -1.13. The summed E-state index contributed by atoms with van der Waals surface area (Å²) in [6.45, 7) is 1.23. The number of nitrogens with one attached hydrogen (secondary N) is 1. The van der Waals surface area contributed by atoms with Gasteiger partial charge in [-0.05, 0) is 6.92 Å². The number of carbonyl (C=O) groups excluding carboxylic acids is 3. The van der Waals surface area contributed by atoms with Crippen molar-refractivity contribution < 1.29 is 22.8 Å². The first-order valence-electron chi connectivity index (χ1n) is 5.60. The number of hydrogen-bond acceptors (Lipinski definition) is 5. The van der Waals surface area contributed by atoms with Crippen molar-refractivity contribution in [2.75, 3.05) is 21.1 Å². The summed E-state index contributed by atoms with van der Waals surface area (Å²) in [5.41, 5.74) is 0. The molecule has 0 aromatic heterocycles. The Morgan fingerprint density at radius 3 is 2.32 bits per heavy atom. The van der Waals surface area contributed by atoms with Gasteiger partial charge in [-0.3, -0.25) is 19.3 Å². The van der Waals surface area contributed by atoms with Crippen LogP contribution in [0.1, 0.15) is 13.3 Å². The molecule has 2 atom stereocenters. The van der Waals surface area contributed by atoms with Gasteiger partial charge in [0, 0.05) is 21.1 Å². The van der Waals surface area contributed by atoms with Gasteiger partial charge >= 0.3 is 0 Å². The highest BCUT2D eigenvalue weighted by molar-refractivity contribution is 7.90. The van der Waals surface area contributed by atoms with Gasteiger partial charge in [0.1, 0.15) is 6.04 Å². The molecule has 2 unspecified atom stereocenters. The number of sulfonamides is 1. The Hall–Kier alpha value is -1.48. The second kappa shape index (κ2) is 5.25. The molecule has 1 rings (SSSR count). The third kappa shape index (κ3) is 3.10. The molecule has 9 heteroatoms. The first kappa shape index (κ1) is 15.6. The molecule has 0 saturated carbocycles. The second-order valence-corrected chi connectivity index (χ2v) is 6.62. The normalized spacial score (nSPS) is 21.7. The standard InChI is InChI=1S/C10H17N3O5S/c1-6(9(15)12(2)3)19(17,18)11-7-5-8(14)13(4)10(7)16/h6-7,11H,5H2,1-4H3. The number of carbonyl (C=O) groups is 3. The number of nitrogens with zero attached hydrogens (tertiary/aromatic N) is 2. The third-order valence-corrected chi connectivity index (χ3v) is 4.69. The molecule has 1 aliphatic heterocycles. The van der Waals surface area contributed by atoms with Crippen LogP contribution in [0.3, 0.4) is 0 Å². The van der Waals surface area contributed by atoms with Crippen LogP contribution < -0.4 is 4.72 Å². The largest absolute Gasteiger partial charge is 0.348 e. The Bertz CT molecular complexity index is 513. The zero-order valence-electron chi connectivity index (χ0n) is 11.2. The quantitative estimate of drug-likeness (QED) is 0.612. The molecule has 19 heavy (non-hydrogen) atoms. The van der Waals surface area contributed by atoms with Crippen LogP contribution in [-0.4, -0.2) is 68.4 Å². The van der Waals surface area contributed by atoms with E-state index in [2.05, 4.69) is 4.72 Å². The highest BCUT2D eigenvalue weighted by atomic mass is 32.2. The predicted octanol–water partition coefficient (Wildman–Crippen LogP) is -1.86. The minimum atomic E-state index is -4.01. The number of likely N-dealkylation sites (N-methyl/N-ethyl adjacent to an activating group) is 1. The maximum Gasteiger partial charge on any atom is 0.247 e. The molecular formula is C10H17N3O5S. The Morgan fingerprint density at radius 1 is 1.42 bits per heavy atom. The lowest BCUT2D eigenvalue weighted by Gasteiger charge is -2.19. The van der Waals surface area contributed by atoms with Crippen molar-refractivity contribution in [2.24, 2.45) is 0 Å². The molecule has 0 radical (unpaired) electrons. The van der Waals surface area contributed by atoms with E-state index in [0.29, 0.717) is 0 Å². The van der Waals surface area contributed by atoms with Gasteiger partial charge in [-0.25, -0.2) is 13.1 Å². The van der Waals surface area contributed by atoms with Crippen LogP contribution in [0.25, 0.3) is 0 Å². The molecule has 1 aliphatic rings. The predicted molar refractivity (Wildman–Crippen MR) is 66.4 cm³/mol. The molecular weight excluding hydrogens is 274 g/mol. The Labute approximate surface area is 111 Å². The van der Waals surface area contributed by atoms with Crippen molar-refractivity contribution in [3.05, 3.63) is 0 Å². The second-order valence-electron chi connectivity index (χ2n) is 4.59. The maximum atomic E-state index is 12.0. The van der Waals surface area contributed by atoms with Gasteiger partial charge in [0.15, 0.2) is 5.25 Å². The average molecular weight is 291 g/mol. The molecule has 1 N–H and O–H groups in total. The van der Waals surface area contributed by atoms with Crippen molar-refractivity contribution in [3.63, 3.8) is 0 Å². The zero-order valence-corrected chi connectivity index (χ0v) is 12.0. The van der Waals surface area contributed by atoms with Gasteiger partial charge in [0.25, 0.3) is 0 Å². The van der Waals surface area contributed by atoms with Gasteiger partial charge in [-0.1, -0.05) is 0 Å². The van der Waals surface area contributed by atoms with Crippen molar-refractivity contribution in [1.29, 1.82) is 0 Å². The first-order valence-corrected chi connectivity index (χ1v) is 7.15. The van der Waals surface area contributed by atoms with Gasteiger partial charge in [-0.2, -0.15) is 0 Å². The summed E-state index contributed by atoms with van der Waals surface area (Å²) in [5.74, 6) is -1.67. The Morgan fingerprint density at radius 2 is 1.95 bits per heavy atom. The fraction of sp³-hybridized carbons (Fsp3) is 0.700. The van der Waals surface area contributed by atoms with Crippen LogP contribution in [0.2, 0.25) is 0 Å². The van der Waals surface area contributed by atoms with E-state index in [9.17, 15) is 22.8 Å². The number of hydrogen-bond donors (Lipinski definition) is 1. The highest BCUT2D eigenvalue weighted by Crippen LogP contribution is 2.13. The smallest absolute Gasteiger partial charge is 0.247 e. The van der Waals surface area contributed by atoms with Crippen LogP contribution in [0, 0.1) is 0 Å². The molecule has 1 saturated heterocycles. The summed E-state index contributed by atoms with van der Waals surface area (Å²) in [7, 11) is 0.150. The molecule has 0 bridgehead atoms. The van der Waals surface area contributed by atoms with Crippen LogP contribution >= 0.6 is 0 Å². The number of likely N-dealkylation sites (tertiary alicyclic amines) is 1. The molecule has 0 spiro atoms. The van der Waals surface area contributed by atoms with Crippen molar-refractivity contribution in [3.8, 4) is 0 Å². The molecule has 108 valence electrons. The number of amides is 3. The average Bonchev–Trinajstić information content (AvgIpc) is 2.54. The van der Waals surface area contributed by atoms with Gasteiger partial charge in [-0.15, -0.1) is 0 Å². The maximum absolute atomic E-state index is 12.0. The molecule has 1 heterocycles. The van der Waals surface area contributed by atoms with Gasteiger partial charge in [0.05, 0.1) is 6.42 Å². The molecule has 3 amide bonds. The van der Waals surface area contributed by atoms with Crippen molar-refractivity contribution >= 4 is 27.7 Å². The summed E-state index contributed by atoms with van der Waals surface area (Å²) in [4.78, 5) is 36.5. The monoisotopic (exact) mass is 291 g/mol. The number of rotatable bonds is 4. The summed E-state index contributed by atoms with van der Waals surface area (Å²) in [5, 5.41) is -1.32. The molecule has 0 aromatic rings. The summed E-state index contributed by atoms with van der Waals surface area (Å²) >= 11 is 0. The van der Waals surface area contributed by atoms with Gasteiger partial charge < -0.3 is 4.90 Å². The van der Waals surface area contributed by atoms with Crippen LogP contribution in [0.5, 0.6) is 0 Å². The Balaban J connectivity index is 2.84. The Kier molecular flexibility index (Phi) is 4.31. The van der Waals surface area contributed by atoms with E-state index in [4.69, 9.17) is 0 Å². The van der Waals surface area contributed by atoms with E-state index >= 15 is 0 Å². The lowest BCUT2D eigenvalue weighted by molar-refractivity contribution is -0.137. The summed E-state index contributed by atoms with van der Waals surface area (Å²) < 4.78 is 26.0. The lowest BCUT2D eigenvalue weighted by atomic mass is 10.3. The lowest BCUT2D eigenvalue weighted by Crippen LogP contribution is -2.48. The van der Waals surface area contributed by atoms with Crippen molar-refractivity contribution in [1.82, 2.24) is 14.5 Å². The summed E-state index contributed by atoms with van der Waals surface area (Å²) in [6.07, 6.45) is -0.225. The molecule has 1 fully saturated rings. The van der Waals surface area contributed by atoms with E-state index in [-0.39, 0.29) is 6.42 Å². The van der Waals surface area contributed by atoms with E-state index in [1.165, 1.54) is 28.1 Å². The van der Waals surface area contributed by atoms with Gasteiger partial charge in [0.2, 0.25) is 27.7 Å². The van der Waals surface area contributed by atoms with Crippen molar-refractivity contribution in [2.45, 2.75) is 24.6 Å². The highest BCUT2D eigenvalue weighted by Gasteiger charge is 2.40. The van der Waals surface area contributed by atoms with Crippen LogP contribution in [0.15, 0.2) is 0 Å². The SMILES string of the molecule is CC(C(=O)N(C)C)S(=O)(=O)NC1CC(=O)N(C)C1=O. The molecule has 0 aromatic carbocycles. The number of imide groups is 1. The fourth-order valence-electron chi connectivity index (χ4n) is 1.64. The third-order valence-electron chi connectivity index (χ3n) is 2.94. The van der Waals surface area contributed by atoms with E-state index < -0.39 is 39.0 Å². The van der Waals surface area contributed by atoms with Crippen LogP contribution in [-0.2, 0) is 24.4 Å². The minimum absolute atomic E-state index is 0.225. The van der Waals surface area contributed by atoms with E-state index in [1.54, 1.807) is 0 Å².